The van der Waals surface area contributed by atoms with Crippen molar-refractivity contribution < 1.29 is 9.53 Å². The zero-order valence-electron chi connectivity index (χ0n) is 14.8. The summed E-state index contributed by atoms with van der Waals surface area (Å²) in [6.45, 7) is 3.15. The number of hydrogen-bond donors (Lipinski definition) is 0. The average molecular weight is 370 g/mol. The number of rotatable bonds is 5. The molecule has 0 N–H and O–H groups in total. The van der Waals surface area contributed by atoms with Crippen LogP contribution in [0.1, 0.15) is 17.5 Å². The molecule has 0 saturated carbocycles. The Hall–Kier alpha value is -2.12. The normalized spacial score (nSPS) is 23.0. The second kappa shape index (κ2) is 7.25. The van der Waals surface area contributed by atoms with Crippen LogP contribution in [0.5, 0.6) is 0 Å². The van der Waals surface area contributed by atoms with Crippen molar-refractivity contribution >= 4 is 17.9 Å². The SMILES string of the molecule is CN1C[C@@]2(CCN(Cc3cnc(SCc4ccccc4)nc3)C2)OC1=O. The predicted molar refractivity (Wildman–Crippen MR) is 99.8 cm³/mol. The van der Waals surface area contributed by atoms with E-state index in [1.54, 1.807) is 23.7 Å². The first-order valence-corrected chi connectivity index (χ1v) is 9.75. The minimum absolute atomic E-state index is 0.213. The summed E-state index contributed by atoms with van der Waals surface area (Å²) >= 11 is 1.64. The van der Waals surface area contributed by atoms with Crippen LogP contribution >= 0.6 is 11.8 Å². The first-order valence-electron chi connectivity index (χ1n) is 8.76. The Bertz CT molecular complexity index is 771. The maximum atomic E-state index is 11.7. The van der Waals surface area contributed by atoms with E-state index < -0.39 is 0 Å². The molecule has 136 valence electrons. The molecule has 1 aromatic carbocycles. The maximum Gasteiger partial charge on any atom is 0.410 e. The van der Waals surface area contributed by atoms with Gasteiger partial charge in [0.25, 0.3) is 0 Å². The van der Waals surface area contributed by atoms with Gasteiger partial charge in [0.15, 0.2) is 5.16 Å². The molecule has 1 aromatic heterocycles. The summed E-state index contributed by atoms with van der Waals surface area (Å²) in [5, 5.41) is 0.793. The molecule has 1 spiro atoms. The van der Waals surface area contributed by atoms with Gasteiger partial charge in [-0.05, 0) is 5.56 Å². The van der Waals surface area contributed by atoms with Gasteiger partial charge in [0.2, 0.25) is 0 Å². The fraction of sp³-hybridized carbons (Fsp3) is 0.421. The van der Waals surface area contributed by atoms with Crippen molar-refractivity contribution in [2.24, 2.45) is 0 Å². The third-order valence-electron chi connectivity index (χ3n) is 4.83. The van der Waals surface area contributed by atoms with E-state index in [1.807, 2.05) is 30.6 Å². The number of nitrogens with zero attached hydrogens (tertiary/aromatic N) is 4. The molecule has 26 heavy (non-hydrogen) atoms. The van der Waals surface area contributed by atoms with Gasteiger partial charge in [-0.2, -0.15) is 0 Å². The molecule has 0 radical (unpaired) electrons. The molecule has 3 heterocycles. The monoisotopic (exact) mass is 370 g/mol. The van der Waals surface area contributed by atoms with Gasteiger partial charge >= 0.3 is 6.09 Å². The number of ether oxygens (including phenoxy) is 1. The van der Waals surface area contributed by atoms with Crippen molar-refractivity contribution in [2.75, 3.05) is 26.7 Å². The van der Waals surface area contributed by atoms with E-state index in [1.165, 1.54) is 5.56 Å². The lowest BCUT2D eigenvalue weighted by atomic mass is 10.0. The topological polar surface area (TPSA) is 58.6 Å². The quantitative estimate of drug-likeness (QED) is 0.596. The highest BCUT2D eigenvalue weighted by Crippen LogP contribution is 2.32. The molecule has 0 unspecified atom stereocenters. The number of benzene rings is 1. The zero-order valence-corrected chi connectivity index (χ0v) is 15.6. The van der Waals surface area contributed by atoms with Crippen molar-refractivity contribution in [3.8, 4) is 0 Å². The standard InChI is InChI=1S/C19H22N4O2S/c1-22-13-19(25-18(22)24)7-8-23(14-19)11-16-9-20-17(21-10-16)26-12-15-5-3-2-4-6-15/h2-6,9-10H,7-8,11-14H2,1H3/t19-/m1/s1. The molecule has 2 aliphatic heterocycles. The summed E-state index contributed by atoms with van der Waals surface area (Å²) in [6, 6.07) is 10.3. The van der Waals surface area contributed by atoms with Crippen LogP contribution in [0.4, 0.5) is 4.79 Å². The van der Waals surface area contributed by atoms with Gasteiger partial charge in [-0.15, -0.1) is 0 Å². The van der Waals surface area contributed by atoms with Crippen LogP contribution in [-0.2, 0) is 17.0 Å². The van der Waals surface area contributed by atoms with Gasteiger partial charge in [0.05, 0.1) is 6.54 Å². The number of likely N-dealkylation sites (N-methyl/N-ethyl adjacent to an activating group) is 1. The van der Waals surface area contributed by atoms with E-state index in [-0.39, 0.29) is 11.7 Å². The van der Waals surface area contributed by atoms with Crippen molar-refractivity contribution in [2.45, 2.75) is 29.5 Å². The molecule has 4 rings (SSSR count). The smallest absolute Gasteiger partial charge is 0.410 e. The van der Waals surface area contributed by atoms with Gasteiger partial charge in [0, 0.05) is 56.8 Å². The van der Waals surface area contributed by atoms with Crippen LogP contribution in [0.15, 0.2) is 47.9 Å². The number of carbonyl (C=O) groups excluding carboxylic acids is 1. The Morgan fingerprint density at radius 1 is 1.15 bits per heavy atom. The van der Waals surface area contributed by atoms with E-state index in [0.29, 0.717) is 6.54 Å². The minimum atomic E-state index is -0.335. The number of aromatic nitrogens is 2. The Morgan fingerprint density at radius 2 is 1.92 bits per heavy atom. The highest BCUT2D eigenvalue weighted by Gasteiger charge is 2.48. The molecule has 7 heteroatoms. The molecule has 2 aromatic rings. The highest BCUT2D eigenvalue weighted by molar-refractivity contribution is 7.98. The Kier molecular flexibility index (Phi) is 4.82. The van der Waals surface area contributed by atoms with E-state index in [2.05, 4.69) is 27.0 Å². The molecule has 1 amide bonds. The largest absolute Gasteiger partial charge is 0.439 e. The van der Waals surface area contributed by atoms with Gasteiger partial charge in [-0.25, -0.2) is 14.8 Å². The molecule has 1 atom stereocenters. The fourth-order valence-electron chi connectivity index (χ4n) is 3.55. The van der Waals surface area contributed by atoms with Crippen molar-refractivity contribution in [1.29, 1.82) is 0 Å². The lowest BCUT2D eigenvalue weighted by molar-refractivity contribution is 0.0627. The summed E-state index contributed by atoms with van der Waals surface area (Å²) in [4.78, 5) is 24.6. The molecule has 0 bridgehead atoms. The van der Waals surface area contributed by atoms with Crippen LogP contribution in [0.25, 0.3) is 0 Å². The Labute approximate surface area is 157 Å². The zero-order chi connectivity index (χ0) is 18.0. The van der Waals surface area contributed by atoms with Crippen molar-refractivity contribution in [3.63, 3.8) is 0 Å². The van der Waals surface area contributed by atoms with Crippen molar-refractivity contribution in [1.82, 2.24) is 19.8 Å². The van der Waals surface area contributed by atoms with E-state index in [9.17, 15) is 4.79 Å². The summed E-state index contributed by atoms with van der Waals surface area (Å²) in [5.74, 6) is 0.869. The minimum Gasteiger partial charge on any atom is -0.439 e. The summed E-state index contributed by atoms with van der Waals surface area (Å²) in [5.41, 5.74) is 2.02. The summed E-state index contributed by atoms with van der Waals surface area (Å²) < 4.78 is 5.59. The molecular weight excluding hydrogens is 348 g/mol. The second-order valence-electron chi connectivity index (χ2n) is 7.02. The first-order chi connectivity index (χ1) is 12.6. The summed E-state index contributed by atoms with van der Waals surface area (Å²) in [7, 11) is 1.79. The third kappa shape index (κ3) is 3.83. The number of hydrogen-bond acceptors (Lipinski definition) is 6. The Balaban J connectivity index is 1.30. The third-order valence-corrected chi connectivity index (χ3v) is 5.78. The van der Waals surface area contributed by atoms with Gasteiger partial charge < -0.3 is 9.64 Å². The number of amides is 1. The number of likely N-dealkylation sites (tertiary alicyclic amines) is 1. The molecule has 0 aliphatic carbocycles. The molecule has 2 fully saturated rings. The molecule has 6 nitrogen and oxygen atoms in total. The lowest BCUT2D eigenvalue weighted by Gasteiger charge is -2.21. The van der Waals surface area contributed by atoms with E-state index in [4.69, 9.17) is 4.74 Å². The Morgan fingerprint density at radius 3 is 2.62 bits per heavy atom. The number of thioether (sulfide) groups is 1. The predicted octanol–water partition coefficient (Wildman–Crippen LogP) is 2.80. The van der Waals surface area contributed by atoms with Gasteiger partial charge in [-0.1, -0.05) is 42.1 Å². The molecular formula is C19H22N4O2S. The maximum absolute atomic E-state index is 11.7. The van der Waals surface area contributed by atoms with Crippen LogP contribution < -0.4 is 0 Å². The summed E-state index contributed by atoms with van der Waals surface area (Å²) in [6.07, 6.45) is 4.47. The second-order valence-corrected chi connectivity index (χ2v) is 7.96. The van der Waals surface area contributed by atoms with Crippen LogP contribution in [0.3, 0.4) is 0 Å². The molecule has 2 saturated heterocycles. The van der Waals surface area contributed by atoms with Crippen LogP contribution in [-0.4, -0.2) is 58.1 Å². The first kappa shape index (κ1) is 17.3. The van der Waals surface area contributed by atoms with Gasteiger partial charge in [-0.3, -0.25) is 4.90 Å². The average Bonchev–Trinajstić information content (AvgIpc) is 3.16. The van der Waals surface area contributed by atoms with Crippen LogP contribution in [0.2, 0.25) is 0 Å². The lowest BCUT2D eigenvalue weighted by Crippen LogP contribution is -2.37. The fourth-order valence-corrected chi connectivity index (χ4v) is 4.29. The van der Waals surface area contributed by atoms with E-state index in [0.717, 1.165) is 42.5 Å². The van der Waals surface area contributed by atoms with Crippen LogP contribution in [0, 0.1) is 0 Å². The highest BCUT2D eigenvalue weighted by atomic mass is 32.2. The van der Waals surface area contributed by atoms with Crippen molar-refractivity contribution in [3.05, 3.63) is 53.9 Å². The van der Waals surface area contributed by atoms with Gasteiger partial charge in [0.1, 0.15) is 5.60 Å². The number of carbonyl (C=O) groups is 1. The molecule has 2 aliphatic rings. The van der Waals surface area contributed by atoms with E-state index >= 15 is 0 Å².